The van der Waals surface area contributed by atoms with Crippen molar-refractivity contribution in [2.24, 2.45) is 5.73 Å². The summed E-state index contributed by atoms with van der Waals surface area (Å²) in [5.41, 5.74) is 5.60. The molecule has 0 bridgehead atoms. The Bertz CT molecular complexity index is 815. The zero-order valence-corrected chi connectivity index (χ0v) is 13.6. The van der Waals surface area contributed by atoms with Crippen molar-refractivity contribution in [3.05, 3.63) is 51.6 Å². The second-order valence-corrected chi connectivity index (χ2v) is 6.12. The van der Waals surface area contributed by atoms with Gasteiger partial charge in [-0.3, -0.25) is 4.79 Å². The fourth-order valence-electron chi connectivity index (χ4n) is 1.78. The molecule has 6 nitrogen and oxygen atoms in total. The number of nitrogens with two attached hydrogens (primary N) is 1. The van der Waals surface area contributed by atoms with Gasteiger partial charge < -0.3 is 15.0 Å². The number of amides is 1. The van der Waals surface area contributed by atoms with Crippen LogP contribution < -0.4 is 10.5 Å². The molecular weight excluding hydrogens is 370 g/mol. The molecule has 3 aromatic rings. The molecule has 0 aliphatic heterocycles. The van der Waals surface area contributed by atoms with Gasteiger partial charge in [0.15, 0.2) is 6.61 Å². The maximum Gasteiger partial charge on any atom is 0.264 e. The number of hydrogen-bond donors (Lipinski definition) is 1. The number of thiophene rings is 1. The van der Waals surface area contributed by atoms with Crippen LogP contribution in [0.15, 0.2) is 44.7 Å². The van der Waals surface area contributed by atoms with Crippen LogP contribution in [0.5, 0.6) is 5.75 Å². The third-order valence-corrected chi connectivity index (χ3v) is 4.45. The summed E-state index contributed by atoms with van der Waals surface area (Å²) >= 11 is 4.88. The molecule has 22 heavy (non-hydrogen) atoms. The van der Waals surface area contributed by atoms with Crippen molar-refractivity contribution in [1.82, 2.24) is 10.1 Å². The minimum atomic E-state index is -0.551. The average Bonchev–Trinajstić information content (AvgIpc) is 3.14. The standard InChI is InChI=1S/C14H10BrN3O3S/c15-8-5-11(22-7-8)14-17-12(21-18-14)6-20-10-4-2-1-3-9(10)13(16)19/h1-5,7H,6H2,(H2,16,19). The van der Waals surface area contributed by atoms with E-state index in [1.54, 1.807) is 24.3 Å². The van der Waals surface area contributed by atoms with Crippen LogP contribution in [-0.4, -0.2) is 16.0 Å². The maximum absolute atomic E-state index is 11.3. The zero-order chi connectivity index (χ0) is 15.5. The van der Waals surface area contributed by atoms with E-state index >= 15 is 0 Å². The first-order valence-electron chi connectivity index (χ1n) is 6.22. The van der Waals surface area contributed by atoms with Crippen LogP contribution in [0.25, 0.3) is 10.7 Å². The maximum atomic E-state index is 11.3. The fourth-order valence-corrected chi connectivity index (χ4v) is 3.13. The molecule has 0 atom stereocenters. The van der Waals surface area contributed by atoms with Gasteiger partial charge in [-0.2, -0.15) is 4.98 Å². The monoisotopic (exact) mass is 379 g/mol. The zero-order valence-electron chi connectivity index (χ0n) is 11.2. The summed E-state index contributed by atoms with van der Waals surface area (Å²) in [5.74, 6) is 0.648. The molecule has 0 saturated heterocycles. The molecule has 0 aliphatic rings. The molecule has 0 spiro atoms. The van der Waals surface area contributed by atoms with E-state index in [1.165, 1.54) is 11.3 Å². The van der Waals surface area contributed by atoms with Crippen molar-refractivity contribution in [3.63, 3.8) is 0 Å². The topological polar surface area (TPSA) is 91.2 Å². The number of para-hydroxylation sites is 1. The molecule has 112 valence electrons. The highest BCUT2D eigenvalue weighted by atomic mass is 79.9. The Labute approximate surface area is 138 Å². The van der Waals surface area contributed by atoms with Crippen LogP contribution in [0.3, 0.4) is 0 Å². The summed E-state index contributed by atoms with van der Waals surface area (Å²) in [4.78, 5) is 16.5. The van der Waals surface area contributed by atoms with Gasteiger partial charge >= 0.3 is 0 Å². The van der Waals surface area contributed by atoms with E-state index in [9.17, 15) is 4.79 Å². The van der Waals surface area contributed by atoms with Crippen molar-refractivity contribution >= 4 is 33.2 Å². The summed E-state index contributed by atoms with van der Waals surface area (Å²) < 4.78 is 11.6. The van der Waals surface area contributed by atoms with Crippen molar-refractivity contribution in [2.45, 2.75) is 6.61 Å². The van der Waals surface area contributed by atoms with E-state index in [-0.39, 0.29) is 6.61 Å². The predicted molar refractivity (Wildman–Crippen MR) is 84.6 cm³/mol. The highest BCUT2D eigenvalue weighted by Crippen LogP contribution is 2.28. The van der Waals surface area contributed by atoms with Crippen molar-refractivity contribution in [2.75, 3.05) is 0 Å². The molecule has 1 amide bonds. The van der Waals surface area contributed by atoms with Gasteiger partial charge in [0.05, 0.1) is 10.4 Å². The first-order chi connectivity index (χ1) is 10.6. The van der Waals surface area contributed by atoms with Crippen LogP contribution in [0.4, 0.5) is 0 Å². The molecule has 2 N–H and O–H groups in total. The highest BCUT2D eigenvalue weighted by Gasteiger charge is 2.13. The van der Waals surface area contributed by atoms with E-state index in [0.29, 0.717) is 23.0 Å². The van der Waals surface area contributed by atoms with E-state index in [4.69, 9.17) is 15.0 Å². The van der Waals surface area contributed by atoms with Gasteiger partial charge in [0.25, 0.3) is 11.8 Å². The lowest BCUT2D eigenvalue weighted by atomic mass is 10.2. The smallest absolute Gasteiger partial charge is 0.264 e. The largest absolute Gasteiger partial charge is 0.483 e. The number of carbonyl (C=O) groups is 1. The molecule has 3 rings (SSSR count). The predicted octanol–water partition coefficient (Wildman–Crippen LogP) is 3.24. The Kier molecular flexibility index (Phi) is 4.21. The number of rotatable bonds is 5. The number of benzene rings is 1. The van der Waals surface area contributed by atoms with E-state index < -0.39 is 5.91 Å². The molecular formula is C14H10BrN3O3S. The van der Waals surface area contributed by atoms with Gasteiger partial charge in [-0.25, -0.2) is 0 Å². The first-order valence-corrected chi connectivity index (χ1v) is 7.89. The molecule has 1 aromatic carbocycles. The SMILES string of the molecule is NC(=O)c1ccccc1OCc1nc(-c2cc(Br)cs2)no1. The summed E-state index contributed by atoms with van der Waals surface area (Å²) in [7, 11) is 0. The molecule has 2 aromatic heterocycles. The number of hydrogen-bond acceptors (Lipinski definition) is 6. The summed E-state index contributed by atoms with van der Waals surface area (Å²) in [5, 5.41) is 5.84. The fraction of sp³-hybridized carbons (Fsp3) is 0.0714. The third kappa shape index (κ3) is 3.18. The van der Waals surface area contributed by atoms with Crippen LogP contribution in [0.1, 0.15) is 16.2 Å². The minimum Gasteiger partial charge on any atom is -0.483 e. The highest BCUT2D eigenvalue weighted by molar-refractivity contribution is 9.10. The molecule has 0 saturated carbocycles. The van der Waals surface area contributed by atoms with Gasteiger partial charge in [-0.05, 0) is 34.1 Å². The Morgan fingerprint density at radius 3 is 2.95 bits per heavy atom. The van der Waals surface area contributed by atoms with Gasteiger partial charge in [0, 0.05) is 9.85 Å². The Morgan fingerprint density at radius 2 is 2.23 bits per heavy atom. The Morgan fingerprint density at radius 1 is 1.41 bits per heavy atom. The van der Waals surface area contributed by atoms with E-state index in [0.717, 1.165) is 9.35 Å². The normalized spacial score (nSPS) is 10.6. The Balaban J connectivity index is 1.73. The number of carbonyl (C=O) groups excluding carboxylic acids is 1. The quantitative estimate of drug-likeness (QED) is 0.734. The lowest BCUT2D eigenvalue weighted by molar-refractivity contribution is 0.0995. The van der Waals surface area contributed by atoms with Crippen molar-refractivity contribution in [3.8, 4) is 16.5 Å². The lowest BCUT2D eigenvalue weighted by Crippen LogP contribution is -2.12. The lowest BCUT2D eigenvalue weighted by Gasteiger charge is -2.06. The Hall–Kier alpha value is -2.19. The van der Waals surface area contributed by atoms with E-state index in [2.05, 4.69) is 26.1 Å². The van der Waals surface area contributed by atoms with Crippen molar-refractivity contribution in [1.29, 1.82) is 0 Å². The molecule has 8 heteroatoms. The third-order valence-electron chi connectivity index (χ3n) is 2.76. The molecule has 0 aliphatic carbocycles. The van der Waals surface area contributed by atoms with Gasteiger partial charge in [-0.1, -0.05) is 17.3 Å². The minimum absolute atomic E-state index is 0.0594. The first kappa shape index (κ1) is 14.7. The molecule has 0 unspecified atom stereocenters. The second kappa shape index (κ2) is 6.29. The summed E-state index contributed by atoms with van der Waals surface area (Å²) in [6, 6.07) is 8.63. The van der Waals surface area contributed by atoms with E-state index in [1.807, 2.05) is 11.4 Å². The van der Waals surface area contributed by atoms with Gasteiger partial charge in [0.1, 0.15) is 5.75 Å². The molecule has 2 heterocycles. The summed E-state index contributed by atoms with van der Waals surface area (Å²) in [6.45, 7) is 0.0594. The average molecular weight is 380 g/mol. The van der Waals surface area contributed by atoms with Gasteiger partial charge in [0.2, 0.25) is 5.82 Å². The number of primary amides is 1. The molecule has 0 fully saturated rings. The summed E-state index contributed by atoms with van der Waals surface area (Å²) in [6.07, 6.45) is 0. The number of ether oxygens (including phenoxy) is 1. The van der Waals surface area contributed by atoms with Crippen LogP contribution in [-0.2, 0) is 6.61 Å². The van der Waals surface area contributed by atoms with Crippen LogP contribution in [0.2, 0.25) is 0 Å². The molecule has 0 radical (unpaired) electrons. The second-order valence-electron chi connectivity index (χ2n) is 4.29. The van der Waals surface area contributed by atoms with Crippen molar-refractivity contribution < 1.29 is 14.1 Å². The number of halogens is 1. The van der Waals surface area contributed by atoms with Gasteiger partial charge in [-0.15, -0.1) is 11.3 Å². The number of nitrogens with zero attached hydrogens (tertiary/aromatic N) is 2. The van der Waals surface area contributed by atoms with Crippen LogP contribution in [0, 0.1) is 0 Å². The number of aromatic nitrogens is 2. The van der Waals surface area contributed by atoms with Crippen LogP contribution >= 0.6 is 27.3 Å².